The highest BCUT2D eigenvalue weighted by Crippen LogP contribution is 2.29. The van der Waals surface area contributed by atoms with E-state index in [4.69, 9.17) is 42.0 Å². The van der Waals surface area contributed by atoms with Crippen molar-refractivity contribution in [2.45, 2.75) is 138 Å². The van der Waals surface area contributed by atoms with E-state index in [0.29, 0.717) is 59.5 Å². The monoisotopic (exact) mass is 1020 g/mol. The lowest BCUT2D eigenvalue weighted by Crippen LogP contribution is -2.57. The maximum absolute atomic E-state index is 14.6. The van der Waals surface area contributed by atoms with Crippen LogP contribution in [0.5, 0.6) is 0 Å². The minimum Gasteiger partial charge on any atom is -0.379 e. The van der Waals surface area contributed by atoms with Crippen molar-refractivity contribution in [3.63, 3.8) is 0 Å². The Morgan fingerprint density at radius 2 is 0.652 bits per heavy atom. The molecule has 0 fully saturated rings. The van der Waals surface area contributed by atoms with Crippen LogP contribution in [-0.4, -0.2) is 73.2 Å². The van der Waals surface area contributed by atoms with Crippen molar-refractivity contribution in [1.29, 1.82) is 0 Å². The van der Waals surface area contributed by atoms with Crippen LogP contribution < -0.4 is 33.0 Å². The number of hydrogen-bond acceptors (Lipinski definition) is 12. The summed E-state index contributed by atoms with van der Waals surface area (Å²) in [5, 5.41) is 2.55. The first kappa shape index (κ1) is 58.6. The van der Waals surface area contributed by atoms with Crippen LogP contribution in [0, 0.1) is 0 Å². The van der Waals surface area contributed by atoms with Crippen molar-refractivity contribution in [3.05, 3.63) is 121 Å². The Balaban J connectivity index is 1.61. The summed E-state index contributed by atoms with van der Waals surface area (Å²) in [5.74, 6) is 0. The van der Waals surface area contributed by atoms with Gasteiger partial charge in [-0.15, -0.1) is 0 Å². The third-order valence-electron chi connectivity index (χ3n) is 11.3. The topological polar surface area (TPSA) is 149 Å². The van der Waals surface area contributed by atoms with Gasteiger partial charge in [0, 0.05) is 62.2 Å². The molecule has 18 heteroatoms. The fourth-order valence-electron chi connectivity index (χ4n) is 7.13. The van der Waals surface area contributed by atoms with E-state index in [1.807, 2.05) is 93.6 Å². The summed E-state index contributed by atoms with van der Waals surface area (Å²) in [7, 11) is -0.820. The molecule has 4 rings (SSSR count). The van der Waals surface area contributed by atoms with Gasteiger partial charge in [-0.2, -0.15) is 0 Å². The summed E-state index contributed by atoms with van der Waals surface area (Å²) in [6.07, 6.45) is 2.08. The Bertz CT molecular complexity index is 1980. The van der Waals surface area contributed by atoms with Gasteiger partial charge in [0.1, 0.15) is 18.7 Å². The minimum absolute atomic E-state index is 0.268. The smallest absolute Gasteiger partial charge is 0.340 e. The van der Waals surface area contributed by atoms with Crippen LogP contribution >= 0.6 is 26.4 Å². The second-order valence-electron chi connectivity index (χ2n) is 16.6. The fourth-order valence-corrected chi connectivity index (χ4v) is 10.0. The van der Waals surface area contributed by atoms with Crippen molar-refractivity contribution in [2.24, 2.45) is 0 Å². The first-order chi connectivity index (χ1) is 33.4. The van der Waals surface area contributed by atoms with Crippen LogP contribution in [0.25, 0.3) is 0 Å². The van der Waals surface area contributed by atoms with Crippen LogP contribution in [0.15, 0.2) is 87.2 Å². The summed E-state index contributed by atoms with van der Waals surface area (Å²) >= 11 is 0. The molecule has 3 aromatic carbocycles. The van der Waals surface area contributed by atoms with E-state index in [1.54, 1.807) is 20.8 Å². The molecule has 1 aromatic heterocycles. The molecule has 0 saturated heterocycles. The first-order valence-electron chi connectivity index (χ1n) is 24.5. The molecule has 0 aliphatic heterocycles. The lowest BCUT2D eigenvalue weighted by Gasteiger charge is -2.25. The van der Waals surface area contributed by atoms with Gasteiger partial charge in [-0.25, -0.2) is 28.1 Å². The molecule has 69 heavy (non-hydrogen) atoms. The van der Waals surface area contributed by atoms with Gasteiger partial charge in [0.05, 0.1) is 58.0 Å². The Morgan fingerprint density at radius 3 is 0.913 bits per heavy atom. The number of aromatic nitrogens is 3. The molecule has 9 atom stereocenters. The van der Waals surface area contributed by atoms with E-state index in [-0.39, 0.29) is 44.7 Å². The highest BCUT2D eigenvalue weighted by Gasteiger charge is 2.27. The molecule has 0 bridgehead atoms. The van der Waals surface area contributed by atoms with Crippen LogP contribution in [0.1, 0.15) is 155 Å². The molecular weight excluding hydrogens is 939 g/mol. The Kier molecular flexibility index (Phi) is 27.9. The van der Waals surface area contributed by atoms with E-state index in [1.165, 1.54) is 0 Å². The van der Waals surface area contributed by atoms with Crippen molar-refractivity contribution >= 4 is 42.3 Å². The molecule has 0 spiro atoms. The van der Waals surface area contributed by atoms with Gasteiger partial charge in [-0.05, 0) is 77.5 Å². The number of ether oxygens (including phenoxy) is 6. The summed E-state index contributed by atoms with van der Waals surface area (Å²) in [5.41, 5.74) is 0.124. The van der Waals surface area contributed by atoms with Gasteiger partial charge in [-0.3, -0.25) is 0 Å². The lowest BCUT2D eigenvalue weighted by molar-refractivity contribution is 0.0112. The molecule has 15 nitrogen and oxygen atoms in total. The third kappa shape index (κ3) is 18.8. The van der Waals surface area contributed by atoms with Crippen LogP contribution in [-0.2, 0) is 42.0 Å². The Morgan fingerprint density at radius 1 is 0.391 bits per heavy atom. The molecule has 384 valence electrons. The van der Waals surface area contributed by atoms with Crippen molar-refractivity contribution < 1.29 is 42.0 Å². The van der Waals surface area contributed by atoms with E-state index >= 15 is 0 Å². The van der Waals surface area contributed by atoms with Crippen molar-refractivity contribution in [3.8, 4) is 0 Å². The van der Waals surface area contributed by atoms with Crippen LogP contribution in [0.3, 0.4) is 0 Å². The molecule has 0 aliphatic rings. The maximum atomic E-state index is 14.6. The van der Waals surface area contributed by atoms with Crippen molar-refractivity contribution in [1.82, 2.24) is 13.7 Å². The van der Waals surface area contributed by atoms with Crippen molar-refractivity contribution in [2.75, 3.05) is 59.5 Å². The standard InChI is InChI=1S/C51H78N3O12P3/c1-10-13-28-58-31-34-61-37(4)43-22-16-19-25-46(43)67-64-40(7)52-49(55)53(41(8)65-68-47-26-20-17-23-44(47)38(5)62-35-32-59-29-14-11-2)51(57)54(50(52)56)42(9)66-69-48-27-21-18-24-45(48)39(6)63-36-33-60-30-15-12-3/h16-27,37-42,67-69H,10-15,28-36H2,1-9H3. The average Bonchev–Trinajstić information content (AvgIpc) is 3.35. The van der Waals surface area contributed by atoms with Gasteiger partial charge in [0.2, 0.25) is 0 Å². The predicted octanol–water partition coefficient (Wildman–Crippen LogP) is 9.22. The second-order valence-corrected chi connectivity index (χ2v) is 19.5. The van der Waals surface area contributed by atoms with Crippen LogP contribution in [0.4, 0.5) is 0 Å². The molecule has 0 amide bonds. The minimum atomic E-state index is -1.10. The average molecular weight is 1020 g/mol. The van der Waals surface area contributed by atoms with Gasteiger partial charge < -0.3 is 42.0 Å². The Hall–Kier alpha value is -3.00. The molecule has 0 aliphatic carbocycles. The number of hydrogen-bond donors (Lipinski definition) is 0. The van der Waals surface area contributed by atoms with Gasteiger partial charge >= 0.3 is 17.1 Å². The molecule has 0 radical (unpaired) electrons. The van der Waals surface area contributed by atoms with E-state index < -0.39 is 35.8 Å². The van der Waals surface area contributed by atoms with E-state index in [9.17, 15) is 14.4 Å². The molecule has 9 unspecified atom stereocenters. The largest absolute Gasteiger partial charge is 0.379 e. The molecule has 0 saturated carbocycles. The number of benzene rings is 3. The summed E-state index contributed by atoms with van der Waals surface area (Å²) < 4.78 is 57.4. The van der Waals surface area contributed by atoms with E-state index in [2.05, 4.69) is 20.8 Å². The molecule has 0 N–H and O–H groups in total. The normalized spacial score (nSPS) is 14.9. The van der Waals surface area contributed by atoms with Gasteiger partial charge in [0.15, 0.2) is 0 Å². The fraction of sp³-hybridized carbons (Fsp3) is 0.588. The predicted molar refractivity (Wildman–Crippen MR) is 280 cm³/mol. The lowest BCUT2D eigenvalue weighted by atomic mass is 10.1. The quantitative estimate of drug-likeness (QED) is 0.0316. The molecule has 1 heterocycles. The number of rotatable bonds is 36. The Labute approximate surface area is 414 Å². The van der Waals surface area contributed by atoms with Crippen LogP contribution in [0.2, 0.25) is 0 Å². The SMILES string of the molecule is CCCCOCCOC(C)c1ccccc1POC(C)n1c(=O)n(C(C)OPc2ccccc2C(C)OCCOCCCC)c(=O)n(C(C)OPc2ccccc2C(C)OCCOCCCC)c1=O. The third-order valence-corrected chi connectivity index (χ3v) is 14.7. The molecular formula is C51H78N3O12P3. The summed E-state index contributed by atoms with van der Waals surface area (Å²) in [4.78, 5) is 43.7. The zero-order chi connectivity index (χ0) is 50.0. The van der Waals surface area contributed by atoms with E-state index in [0.717, 1.165) is 84.8 Å². The zero-order valence-electron chi connectivity index (χ0n) is 42.2. The number of nitrogens with zero attached hydrogens (tertiary/aromatic N) is 3. The second kappa shape index (κ2) is 32.9. The highest BCUT2D eigenvalue weighted by atomic mass is 31.1. The number of unbranched alkanes of at least 4 members (excludes halogenated alkanes) is 3. The summed E-state index contributed by atoms with van der Waals surface area (Å²) in [6.45, 7) is 22.0. The summed E-state index contributed by atoms with van der Waals surface area (Å²) in [6, 6.07) is 23.2. The van der Waals surface area contributed by atoms with Gasteiger partial charge in [-0.1, -0.05) is 113 Å². The van der Waals surface area contributed by atoms with Gasteiger partial charge in [0.25, 0.3) is 0 Å². The highest BCUT2D eigenvalue weighted by molar-refractivity contribution is 7.42. The zero-order valence-corrected chi connectivity index (χ0v) is 45.2. The molecule has 4 aromatic rings. The maximum Gasteiger partial charge on any atom is 0.340 e. The first-order valence-corrected chi connectivity index (χ1v) is 27.3.